The van der Waals surface area contributed by atoms with E-state index in [0.717, 1.165) is 17.1 Å². The van der Waals surface area contributed by atoms with E-state index >= 15 is 0 Å². The lowest BCUT2D eigenvalue weighted by Crippen LogP contribution is -2.46. The van der Waals surface area contributed by atoms with Crippen LogP contribution >= 0.6 is 0 Å². The van der Waals surface area contributed by atoms with Crippen molar-refractivity contribution in [3.05, 3.63) is 0 Å². The summed E-state index contributed by atoms with van der Waals surface area (Å²) >= 11 is 0. The SMILES string of the molecule is CN(C)S(=O)(=O)CCNC(=O)NCC1(C(=O)O)CCCC1. The van der Waals surface area contributed by atoms with E-state index in [4.69, 9.17) is 0 Å². The van der Waals surface area contributed by atoms with E-state index < -0.39 is 27.4 Å². The molecule has 0 saturated heterocycles. The summed E-state index contributed by atoms with van der Waals surface area (Å²) in [5.74, 6) is -1.09. The molecule has 1 aliphatic carbocycles. The second kappa shape index (κ2) is 7.08. The number of hydrogen-bond donors (Lipinski definition) is 3. The van der Waals surface area contributed by atoms with Gasteiger partial charge in [-0.1, -0.05) is 12.8 Å². The predicted molar refractivity (Wildman–Crippen MR) is 77.4 cm³/mol. The summed E-state index contributed by atoms with van der Waals surface area (Å²) in [6.07, 6.45) is 2.79. The molecule has 0 heterocycles. The molecule has 0 aromatic carbocycles. The Balaban J connectivity index is 2.36. The van der Waals surface area contributed by atoms with Crippen molar-refractivity contribution in [1.82, 2.24) is 14.9 Å². The van der Waals surface area contributed by atoms with E-state index in [9.17, 15) is 23.1 Å². The third kappa shape index (κ3) is 4.85. The number of hydrogen-bond acceptors (Lipinski definition) is 4. The Labute approximate surface area is 124 Å². The van der Waals surface area contributed by atoms with Crippen molar-refractivity contribution in [3.8, 4) is 0 Å². The molecular formula is C12H23N3O5S. The average Bonchev–Trinajstić information content (AvgIpc) is 2.86. The summed E-state index contributed by atoms with van der Waals surface area (Å²) in [5.41, 5.74) is -0.882. The standard InChI is InChI=1S/C12H23N3O5S/c1-15(2)21(19,20)8-7-13-11(18)14-9-12(10(16)17)5-3-4-6-12/h3-9H2,1-2H3,(H,16,17)(H2,13,14,18). The topological polar surface area (TPSA) is 116 Å². The number of amides is 2. The number of nitrogens with one attached hydrogen (secondary N) is 2. The van der Waals surface area contributed by atoms with Gasteiger partial charge >= 0.3 is 12.0 Å². The van der Waals surface area contributed by atoms with Gasteiger partial charge in [0.05, 0.1) is 11.2 Å². The summed E-state index contributed by atoms with van der Waals surface area (Å²) < 4.78 is 24.1. The van der Waals surface area contributed by atoms with Gasteiger partial charge in [-0.25, -0.2) is 17.5 Å². The highest BCUT2D eigenvalue weighted by atomic mass is 32.2. The second-order valence-corrected chi connectivity index (χ2v) is 7.80. The molecule has 2 amide bonds. The third-order valence-corrected chi connectivity index (χ3v) is 5.64. The van der Waals surface area contributed by atoms with E-state index in [-0.39, 0.29) is 18.8 Å². The van der Waals surface area contributed by atoms with E-state index in [1.165, 1.54) is 14.1 Å². The molecule has 9 heteroatoms. The van der Waals surface area contributed by atoms with Gasteiger partial charge in [-0.2, -0.15) is 0 Å². The first kappa shape index (κ1) is 17.7. The number of aliphatic carboxylic acids is 1. The first-order chi connectivity index (χ1) is 9.69. The minimum absolute atomic E-state index is 0.0214. The maximum Gasteiger partial charge on any atom is 0.314 e. The minimum atomic E-state index is -3.35. The van der Waals surface area contributed by atoms with Crippen molar-refractivity contribution < 1.29 is 23.1 Å². The molecular weight excluding hydrogens is 298 g/mol. The summed E-state index contributed by atoms with van der Waals surface area (Å²) in [7, 11) is -0.508. The van der Waals surface area contributed by atoms with Gasteiger partial charge in [0.25, 0.3) is 0 Å². The van der Waals surface area contributed by atoms with Crippen molar-refractivity contribution in [2.24, 2.45) is 5.41 Å². The molecule has 3 N–H and O–H groups in total. The lowest BCUT2D eigenvalue weighted by molar-refractivity contribution is -0.148. The zero-order valence-electron chi connectivity index (χ0n) is 12.4. The smallest absolute Gasteiger partial charge is 0.314 e. The molecule has 0 atom stereocenters. The number of carbonyl (C=O) groups excluding carboxylic acids is 1. The number of sulfonamides is 1. The molecule has 122 valence electrons. The summed E-state index contributed by atoms with van der Waals surface area (Å²) in [6.45, 7) is 0.0427. The Bertz CT molecular complexity index is 483. The summed E-state index contributed by atoms with van der Waals surface area (Å²) in [5, 5.41) is 14.2. The maximum absolute atomic E-state index is 11.6. The fourth-order valence-corrected chi connectivity index (χ4v) is 3.03. The number of urea groups is 1. The van der Waals surface area contributed by atoms with Crippen LogP contribution in [0.3, 0.4) is 0 Å². The summed E-state index contributed by atoms with van der Waals surface area (Å²) in [6, 6.07) is -0.545. The highest BCUT2D eigenvalue weighted by Crippen LogP contribution is 2.37. The van der Waals surface area contributed by atoms with E-state index in [0.29, 0.717) is 12.8 Å². The Kier molecular flexibility index (Phi) is 5.97. The molecule has 0 aromatic rings. The Morgan fingerprint density at radius 2 is 1.76 bits per heavy atom. The van der Waals surface area contributed by atoms with E-state index in [1.54, 1.807) is 0 Å². The van der Waals surface area contributed by atoms with Crippen molar-refractivity contribution in [1.29, 1.82) is 0 Å². The zero-order valence-corrected chi connectivity index (χ0v) is 13.2. The van der Waals surface area contributed by atoms with Crippen molar-refractivity contribution in [2.75, 3.05) is 32.9 Å². The van der Waals surface area contributed by atoms with Crippen molar-refractivity contribution in [2.45, 2.75) is 25.7 Å². The lowest BCUT2D eigenvalue weighted by atomic mass is 9.86. The van der Waals surface area contributed by atoms with Crippen LogP contribution < -0.4 is 10.6 Å². The number of carbonyl (C=O) groups is 2. The van der Waals surface area contributed by atoms with Gasteiger partial charge in [0, 0.05) is 27.2 Å². The Morgan fingerprint density at radius 3 is 2.24 bits per heavy atom. The van der Waals surface area contributed by atoms with Gasteiger partial charge in [-0.3, -0.25) is 4.79 Å². The average molecular weight is 321 g/mol. The molecule has 21 heavy (non-hydrogen) atoms. The number of carboxylic acid groups (broad SMARTS) is 1. The lowest BCUT2D eigenvalue weighted by Gasteiger charge is -2.24. The van der Waals surface area contributed by atoms with Gasteiger partial charge in [-0.05, 0) is 12.8 Å². The van der Waals surface area contributed by atoms with E-state index in [1.807, 2.05) is 0 Å². The van der Waals surface area contributed by atoms with Gasteiger partial charge < -0.3 is 15.7 Å². The molecule has 0 radical (unpaired) electrons. The molecule has 0 spiro atoms. The van der Waals surface area contributed by atoms with Crippen molar-refractivity contribution >= 4 is 22.0 Å². The number of carboxylic acids is 1. The van der Waals surface area contributed by atoms with Crippen LogP contribution in [0.15, 0.2) is 0 Å². The fraction of sp³-hybridized carbons (Fsp3) is 0.833. The van der Waals surface area contributed by atoms with Crippen LogP contribution in [0.1, 0.15) is 25.7 Å². The highest BCUT2D eigenvalue weighted by Gasteiger charge is 2.41. The fourth-order valence-electron chi connectivity index (χ4n) is 2.31. The highest BCUT2D eigenvalue weighted by molar-refractivity contribution is 7.89. The molecule has 1 fully saturated rings. The first-order valence-corrected chi connectivity index (χ1v) is 8.46. The Hall–Kier alpha value is -1.35. The predicted octanol–water partition coefficient (Wildman–Crippen LogP) is -0.178. The van der Waals surface area contributed by atoms with Gasteiger partial charge in [-0.15, -0.1) is 0 Å². The van der Waals surface area contributed by atoms with Crippen LogP contribution in [0.4, 0.5) is 4.79 Å². The van der Waals surface area contributed by atoms with Crippen molar-refractivity contribution in [3.63, 3.8) is 0 Å². The molecule has 0 aromatic heterocycles. The van der Waals surface area contributed by atoms with Gasteiger partial charge in [0.1, 0.15) is 0 Å². The number of nitrogens with zero attached hydrogens (tertiary/aromatic N) is 1. The van der Waals surface area contributed by atoms with Gasteiger partial charge in [0.2, 0.25) is 10.0 Å². The van der Waals surface area contributed by atoms with Crippen LogP contribution in [0.25, 0.3) is 0 Å². The van der Waals surface area contributed by atoms with Crippen LogP contribution in [0.5, 0.6) is 0 Å². The molecule has 1 saturated carbocycles. The van der Waals surface area contributed by atoms with E-state index in [2.05, 4.69) is 10.6 Å². The summed E-state index contributed by atoms with van der Waals surface area (Å²) in [4.78, 5) is 22.9. The van der Waals surface area contributed by atoms with Crippen LogP contribution in [0.2, 0.25) is 0 Å². The number of rotatable bonds is 7. The zero-order chi connectivity index (χ0) is 16.1. The van der Waals surface area contributed by atoms with Crippen LogP contribution in [0, 0.1) is 5.41 Å². The van der Waals surface area contributed by atoms with Crippen LogP contribution in [-0.4, -0.2) is 62.8 Å². The molecule has 1 rings (SSSR count). The van der Waals surface area contributed by atoms with Gasteiger partial charge in [0.15, 0.2) is 0 Å². The molecule has 0 unspecified atom stereocenters. The molecule has 0 aliphatic heterocycles. The Morgan fingerprint density at radius 1 is 1.19 bits per heavy atom. The monoisotopic (exact) mass is 321 g/mol. The quantitative estimate of drug-likeness (QED) is 0.601. The molecule has 0 bridgehead atoms. The second-order valence-electron chi connectivity index (χ2n) is 5.50. The van der Waals surface area contributed by atoms with Crippen LogP contribution in [-0.2, 0) is 14.8 Å². The molecule has 1 aliphatic rings. The largest absolute Gasteiger partial charge is 0.481 e. The first-order valence-electron chi connectivity index (χ1n) is 6.85. The minimum Gasteiger partial charge on any atom is -0.481 e. The third-order valence-electron chi connectivity index (χ3n) is 3.80. The molecule has 8 nitrogen and oxygen atoms in total. The maximum atomic E-state index is 11.6. The normalized spacial score (nSPS) is 17.7.